The van der Waals surface area contributed by atoms with E-state index in [-0.39, 0.29) is 20.4 Å². The normalized spacial score (nSPS) is 12.9. The van der Waals surface area contributed by atoms with Gasteiger partial charge in [0.05, 0.1) is 0 Å². The predicted molar refractivity (Wildman–Crippen MR) is 153 cm³/mol. The van der Waals surface area contributed by atoms with Gasteiger partial charge < -0.3 is 19.3 Å². The summed E-state index contributed by atoms with van der Waals surface area (Å²) in [5.74, 6) is -0.0727. The van der Waals surface area contributed by atoms with Crippen LogP contribution in [0.2, 0.25) is 0 Å². The van der Waals surface area contributed by atoms with E-state index in [0.717, 1.165) is 11.4 Å². The van der Waals surface area contributed by atoms with Gasteiger partial charge in [-0.25, -0.2) is 4.79 Å². The summed E-state index contributed by atoms with van der Waals surface area (Å²) < 4.78 is 82.8. The van der Waals surface area contributed by atoms with Crippen LogP contribution in [0, 0.1) is 0 Å². The number of rotatable bonds is 8. The lowest BCUT2D eigenvalue weighted by Gasteiger charge is -2.39. The maximum absolute atomic E-state index is 13.9. The Morgan fingerprint density at radius 1 is 0.732 bits per heavy atom. The number of carbonyl (C=O) groups is 1. The lowest BCUT2D eigenvalue weighted by Crippen LogP contribution is -2.27. The van der Waals surface area contributed by atoms with Crippen LogP contribution in [-0.2, 0) is 18.5 Å². The Kier molecular flexibility index (Phi) is 9.26. The molecular weight excluding hydrogens is 581 g/mol. The molecule has 0 unspecified atom stereocenters. The van der Waals surface area contributed by atoms with Crippen LogP contribution < -0.4 is 14.5 Å². The van der Waals surface area contributed by atoms with Gasteiger partial charge in [0.25, 0.3) is 0 Å². The molecule has 3 aromatic carbocycles. The van der Waals surface area contributed by atoms with E-state index in [9.17, 15) is 26.4 Å². The summed E-state index contributed by atoms with van der Waals surface area (Å²) in [6.45, 7) is 4.93. The van der Waals surface area contributed by atoms with E-state index >= 15 is 0 Å². The summed E-state index contributed by atoms with van der Waals surface area (Å²) in [6, 6.07) is 18.2. The average molecular weight is 615 g/mol. The van der Waals surface area contributed by atoms with Gasteiger partial charge >= 0.3 is 21.8 Å². The zero-order valence-electron chi connectivity index (χ0n) is 23.7. The summed E-state index contributed by atoms with van der Waals surface area (Å²) in [6.07, 6.45) is -1.04. The highest BCUT2D eigenvalue weighted by Gasteiger charge is 2.52. The fraction of sp³-hybridized carbons (Fsp3) is 0.321. The van der Waals surface area contributed by atoms with Gasteiger partial charge in [-0.1, -0.05) is 6.07 Å². The van der Waals surface area contributed by atoms with Crippen LogP contribution in [0.3, 0.4) is 0 Å². The number of anilines is 2. The van der Waals surface area contributed by atoms with Gasteiger partial charge in [-0.15, -0.1) is 0 Å². The van der Waals surface area contributed by atoms with Crippen molar-refractivity contribution in [3.63, 3.8) is 0 Å². The van der Waals surface area contributed by atoms with E-state index in [1.807, 2.05) is 0 Å². The Morgan fingerprint density at radius 2 is 1.20 bits per heavy atom. The Labute approximate surface area is 240 Å². The average Bonchev–Trinajstić information content (AvgIpc) is 2.85. The van der Waals surface area contributed by atoms with Crippen LogP contribution in [-0.4, -0.2) is 53.9 Å². The number of halogens is 3. The third-order valence-electron chi connectivity index (χ3n) is 5.57. The zero-order valence-corrected chi connectivity index (χ0v) is 25.4. The van der Waals surface area contributed by atoms with Crippen molar-refractivity contribution in [2.75, 3.05) is 38.0 Å². The molecule has 0 aliphatic carbocycles. The van der Waals surface area contributed by atoms with Crippen molar-refractivity contribution in [1.82, 2.24) is 0 Å². The molecule has 0 aromatic heterocycles. The first kappa shape index (κ1) is 32.1. The number of hydrogen-bond acceptors (Lipinski definition) is 8. The minimum absolute atomic E-state index is 0.0431. The SMILES string of the molecule is CN(C)c1ccc(S(OS(=O)(=O)C(F)(F)F)(c2ccc(N(C)C)cc2)c2cccc(OC(=O)OC(C)(C)C)c2)cc1. The van der Waals surface area contributed by atoms with E-state index in [0.29, 0.717) is 0 Å². The lowest BCUT2D eigenvalue weighted by molar-refractivity contribution is -0.0496. The van der Waals surface area contributed by atoms with E-state index in [1.54, 1.807) is 83.0 Å². The fourth-order valence-electron chi connectivity index (χ4n) is 3.65. The Hall–Kier alpha value is -3.42. The summed E-state index contributed by atoms with van der Waals surface area (Å²) in [7, 11) is -2.60. The number of carbonyl (C=O) groups excluding carboxylic acids is 1. The first-order chi connectivity index (χ1) is 18.9. The molecule has 0 saturated carbocycles. The van der Waals surface area contributed by atoms with Gasteiger partial charge in [-0.2, -0.15) is 25.2 Å². The van der Waals surface area contributed by atoms with Crippen molar-refractivity contribution in [2.24, 2.45) is 0 Å². The molecule has 0 N–H and O–H groups in total. The number of ether oxygens (including phenoxy) is 2. The van der Waals surface area contributed by atoms with E-state index in [4.69, 9.17) is 13.1 Å². The van der Waals surface area contributed by atoms with Gasteiger partial charge in [-0.05, 0) is 97.8 Å². The minimum Gasteiger partial charge on any atom is -0.428 e. The molecule has 0 atom stereocenters. The second kappa shape index (κ2) is 11.8. The van der Waals surface area contributed by atoms with Gasteiger partial charge in [0.2, 0.25) is 0 Å². The van der Waals surface area contributed by atoms with Gasteiger partial charge in [-0.3, -0.25) is 0 Å². The quantitative estimate of drug-likeness (QED) is 0.150. The highest BCUT2D eigenvalue weighted by atomic mass is 32.3. The van der Waals surface area contributed by atoms with Crippen molar-refractivity contribution >= 4 is 38.0 Å². The largest absolute Gasteiger partial charge is 0.524 e. The first-order valence-corrected chi connectivity index (χ1v) is 15.2. The Bertz CT molecular complexity index is 1420. The van der Waals surface area contributed by atoms with E-state index in [2.05, 4.69) is 0 Å². The first-order valence-electron chi connectivity index (χ1n) is 12.3. The van der Waals surface area contributed by atoms with Crippen LogP contribution in [0.15, 0.2) is 87.5 Å². The number of nitrogens with zero attached hydrogens (tertiary/aromatic N) is 2. The van der Waals surface area contributed by atoms with Crippen molar-refractivity contribution in [2.45, 2.75) is 46.6 Å². The third kappa shape index (κ3) is 7.46. The summed E-state index contributed by atoms with van der Waals surface area (Å²) in [4.78, 5) is 16.3. The van der Waals surface area contributed by atoms with Gasteiger partial charge in [0, 0.05) is 54.3 Å². The molecular formula is C28H33F3N2O6S2. The molecule has 3 rings (SSSR count). The molecule has 13 heteroatoms. The Morgan fingerprint density at radius 3 is 1.59 bits per heavy atom. The van der Waals surface area contributed by atoms with Gasteiger partial charge in [0.15, 0.2) is 0 Å². The van der Waals surface area contributed by atoms with Crippen molar-refractivity contribution in [3.05, 3.63) is 72.8 Å². The molecule has 0 heterocycles. The number of benzene rings is 3. The maximum Gasteiger partial charge on any atom is 0.524 e. The number of alkyl halides is 3. The molecule has 41 heavy (non-hydrogen) atoms. The molecule has 0 aliphatic rings. The van der Waals surface area contributed by atoms with E-state index in [1.165, 1.54) is 48.5 Å². The lowest BCUT2D eigenvalue weighted by atomic mass is 10.2. The van der Waals surface area contributed by atoms with Gasteiger partial charge in [0.1, 0.15) is 11.4 Å². The van der Waals surface area contributed by atoms with Crippen LogP contribution in [0.25, 0.3) is 0 Å². The van der Waals surface area contributed by atoms with Crippen molar-refractivity contribution < 1.29 is 39.5 Å². The molecule has 224 valence electrons. The second-order valence-electron chi connectivity index (χ2n) is 10.3. The van der Waals surface area contributed by atoms with E-state index < -0.39 is 37.7 Å². The van der Waals surface area contributed by atoms with Crippen LogP contribution in [0.1, 0.15) is 20.8 Å². The summed E-state index contributed by atoms with van der Waals surface area (Å²) >= 11 is 0. The zero-order chi connectivity index (χ0) is 30.8. The molecule has 8 nitrogen and oxygen atoms in total. The molecule has 3 aromatic rings. The monoisotopic (exact) mass is 614 g/mol. The maximum atomic E-state index is 13.9. The highest BCUT2D eigenvalue weighted by Crippen LogP contribution is 2.71. The Balaban J connectivity index is 2.35. The molecule has 0 bridgehead atoms. The topological polar surface area (TPSA) is 85.4 Å². The molecule has 0 aliphatic heterocycles. The minimum atomic E-state index is -6.13. The van der Waals surface area contributed by atoms with Crippen molar-refractivity contribution in [3.8, 4) is 5.75 Å². The standard InChI is InChI=1S/C28H33F3N2O6S2/c1-27(2,3)38-26(34)37-22-9-8-10-25(19-22)40(39-41(35,36)28(29,30)31,23-15-11-20(12-16-23)32(4)5)24-17-13-21(14-18-24)33(6)7/h8-19H,1-7H3. The van der Waals surface area contributed by atoms with Crippen molar-refractivity contribution in [1.29, 1.82) is 0 Å². The molecule has 0 saturated heterocycles. The van der Waals surface area contributed by atoms with Crippen LogP contribution >= 0.6 is 10.3 Å². The highest BCUT2D eigenvalue weighted by molar-refractivity contribution is 8.33. The second-order valence-corrected chi connectivity index (χ2v) is 14.8. The molecule has 0 spiro atoms. The smallest absolute Gasteiger partial charge is 0.428 e. The van der Waals surface area contributed by atoms with Crippen LogP contribution in [0.4, 0.5) is 29.3 Å². The summed E-state index contributed by atoms with van der Waals surface area (Å²) in [5.41, 5.74) is -5.12. The third-order valence-corrected chi connectivity index (χ3v) is 10.5. The molecule has 0 fully saturated rings. The fourth-order valence-corrected chi connectivity index (χ4v) is 8.39. The molecule has 0 radical (unpaired) electrons. The number of hydrogen-bond donors (Lipinski definition) is 0. The predicted octanol–water partition coefficient (Wildman–Crippen LogP) is 7.20. The van der Waals surface area contributed by atoms with Crippen LogP contribution in [0.5, 0.6) is 5.75 Å². The molecule has 0 amide bonds. The summed E-state index contributed by atoms with van der Waals surface area (Å²) in [5, 5.41) is 0.